The molecule has 3 aromatic rings. The van der Waals surface area contributed by atoms with Crippen molar-refractivity contribution in [2.75, 3.05) is 10.6 Å². The fraction of sp³-hybridized carbons (Fsp3) is 0.375. The van der Waals surface area contributed by atoms with Gasteiger partial charge in [0, 0.05) is 17.4 Å². The number of halogens is 5. The molecular formula is C24H22Cl2F3N5O2S. The van der Waals surface area contributed by atoms with Crippen molar-refractivity contribution >= 4 is 57.2 Å². The van der Waals surface area contributed by atoms with Gasteiger partial charge < -0.3 is 16.4 Å². The molecular weight excluding hydrogens is 550 g/mol. The lowest BCUT2D eigenvalue weighted by atomic mass is 9.88. The van der Waals surface area contributed by atoms with Gasteiger partial charge in [0.15, 0.2) is 11.7 Å². The van der Waals surface area contributed by atoms with Crippen molar-refractivity contribution in [2.45, 2.75) is 50.9 Å². The summed E-state index contributed by atoms with van der Waals surface area (Å²) in [7, 11) is 0. The second kappa shape index (κ2) is 9.52. The Morgan fingerprint density at radius 2 is 2.00 bits per heavy atom. The number of benzene rings is 1. The summed E-state index contributed by atoms with van der Waals surface area (Å²) in [4.78, 5) is 26.3. The SMILES string of the molecule is C[C@@H]1CCc2c(sc(NC(=O)c3cc4n(n3)[C@@H](C(F)(F)F)C[C@@H](c3ccc(Cl)c(Cl)c3)N4)c2C(N)=O)C1. The van der Waals surface area contributed by atoms with Crippen LogP contribution in [0.3, 0.4) is 0 Å². The molecule has 37 heavy (non-hydrogen) atoms. The van der Waals surface area contributed by atoms with Gasteiger partial charge in [-0.25, -0.2) is 4.68 Å². The van der Waals surface area contributed by atoms with E-state index in [2.05, 4.69) is 22.7 Å². The third-order valence-electron chi connectivity index (χ3n) is 6.75. The standard InChI is InChI=1S/C24H22Cl2F3N5O2S/c1-10-2-4-12-17(6-10)37-23(20(12)21(30)35)32-22(36)16-9-19-31-15(11-3-5-13(25)14(26)7-11)8-18(24(27,28)29)34(19)33-16/h3,5,7,9-10,15,18,31H,2,4,6,8H2,1H3,(H2,30,35)(H,32,36)/t10-,15+,18-/m1/s1. The third-order valence-corrected chi connectivity index (χ3v) is 8.66. The largest absolute Gasteiger partial charge is 0.410 e. The van der Waals surface area contributed by atoms with Crippen molar-refractivity contribution < 1.29 is 22.8 Å². The smallest absolute Gasteiger partial charge is 0.365 e. The number of amides is 2. The van der Waals surface area contributed by atoms with Crippen molar-refractivity contribution in [2.24, 2.45) is 11.7 Å². The van der Waals surface area contributed by atoms with Crippen molar-refractivity contribution in [1.82, 2.24) is 9.78 Å². The van der Waals surface area contributed by atoms with E-state index in [-0.39, 0.29) is 38.5 Å². The van der Waals surface area contributed by atoms with E-state index in [1.807, 2.05) is 0 Å². The second-order valence-corrected chi connectivity index (χ2v) is 11.3. The summed E-state index contributed by atoms with van der Waals surface area (Å²) >= 11 is 13.3. The monoisotopic (exact) mass is 571 g/mol. The predicted molar refractivity (Wildman–Crippen MR) is 137 cm³/mol. The number of rotatable bonds is 4. The fourth-order valence-corrected chi connectivity index (χ4v) is 6.62. The quantitative estimate of drug-likeness (QED) is 0.337. The van der Waals surface area contributed by atoms with Gasteiger partial charge in [0.05, 0.1) is 21.7 Å². The van der Waals surface area contributed by atoms with Crippen LogP contribution < -0.4 is 16.4 Å². The lowest BCUT2D eigenvalue weighted by Gasteiger charge is -2.33. The number of aromatic nitrogens is 2. The highest BCUT2D eigenvalue weighted by Crippen LogP contribution is 2.45. The molecule has 3 atom stereocenters. The van der Waals surface area contributed by atoms with Crippen LogP contribution >= 0.6 is 34.5 Å². The highest BCUT2D eigenvalue weighted by Gasteiger charge is 2.47. The molecule has 0 bridgehead atoms. The zero-order valence-corrected chi connectivity index (χ0v) is 21.8. The maximum Gasteiger partial charge on any atom is 0.410 e. The fourth-order valence-electron chi connectivity index (χ4n) is 4.90. The summed E-state index contributed by atoms with van der Waals surface area (Å²) in [5.74, 6) is -0.923. The molecule has 2 aromatic heterocycles. The van der Waals surface area contributed by atoms with Crippen LogP contribution in [0.15, 0.2) is 24.3 Å². The van der Waals surface area contributed by atoms with Crippen LogP contribution in [-0.4, -0.2) is 27.8 Å². The molecule has 196 valence electrons. The van der Waals surface area contributed by atoms with Crippen molar-refractivity contribution in [1.29, 1.82) is 0 Å². The maximum absolute atomic E-state index is 14.0. The molecule has 0 radical (unpaired) electrons. The van der Waals surface area contributed by atoms with E-state index in [0.29, 0.717) is 17.9 Å². The first-order valence-electron chi connectivity index (χ1n) is 11.6. The van der Waals surface area contributed by atoms with Crippen molar-refractivity contribution in [3.63, 3.8) is 0 Å². The number of thiophene rings is 1. The molecule has 1 aliphatic heterocycles. The first-order valence-corrected chi connectivity index (χ1v) is 13.1. The molecule has 0 unspecified atom stereocenters. The maximum atomic E-state index is 14.0. The second-order valence-electron chi connectivity index (χ2n) is 9.40. The Kier molecular flexibility index (Phi) is 6.66. The molecule has 1 aliphatic carbocycles. The van der Waals surface area contributed by atoms with Crippen LogP contribution in [-0.2, 0) is 12.8 Å². The zero-order chi connectivity index (χ0) is 26.6. The lowest BCUT2D eigenvalue weighted by molar-refractivity contribution is -0.173. The minimum atomic E-state index is -4.62. The molecule has 2 amide bonds. The summed E-state index contributed by atoms with van der Waals surface area (Å²) < 4.78 is 42.9. The van der Waals surface area contributed by atoms with Gasteiger partial charge in [0.2, 0.25) is 0 Å². The van der Waals surface area contributed by atoms with Crippen LogP contribution in [0.1, 0.15) is 68.7 Å². The summed E-state index contributed by atoms with van der Waals surface area (Å²) in [6.07, 6.45) is -2.64. The van der Waals surface area contributed by atoms with Crippen LogP contribution in [0.4, 0.5) is 24.0 Å². The number of carbonyl (C=O) groups excluding carboxylic acids is 2. The molecule has 0 spiro atoms. The number of hydrogen-bond acceptors (Lipinski definition) is 5. The normalized spacial score (nSPS) is 21.1. The average molecular weight is 572 g/mol. The predicted octanol–water partition coefficient (Wildman–Crippen LogP) is 6.39. The highest BCUT2D eigenvalue weighted by molar-refractivity contribution is 7.17. The van der Waals surface area contributed by atoms with E-state index >= 15 is 0 Å². The van der Waals surface area contributed by atoms with Crippen molar-refractivity contribution in [3.8, 4) is 0 Å². The number of nitrogens with zero attached hydrogens (tertiary/aromatic N) is 2. The molecule has 0 fully saturated rings. The molecule has 2 aliphatic rings. The van der Waals surface area contributed by atoms with Gasteiger partial charge in [-0.15, -0.1) is 11.3 Å². The van der Waals surface area contributed by atoms with E-state index in [0.717, 1.165) is 28.0 Å². The number of fused-ring (bicyclic) bond motifs is 2. The van der Waals surface area contributed by atoms with Gasteiger partial charge in [-0.05, 0) is 48.4 Å². The van der Waals surface area contributed by atoms with Gasteiger partial charge in [-0.1, -0.05) is 36.2 Å². The van der Waals surface area contributed by atoms with Gasteiger partial charge in [-0.3, -0.25) is 9.59 Å². The Morgan fingerprint density at radius 1 is 1.24 bits per heavy atom. The number of nitrogens with one attached hydrogen (secondary N) is 2. The average Bonchev–Trinajstić information content (AvgIpc) is 3.40. The van der Waals surface area contributed by atoms with E-state index in [9.17, 15) is 22.8 Å². The first-order chi connectivity index (χ1) is 17.4. The number of hydrogen-bond donors (Lipinski definition) is 3. The summed E-state index contributed by atoms with van der Waals surface area (Å²) in [6.45, 7) is 2.11. The minimum Gasteiger partial charge on any atom is -0.365 e. The number of anilines is 2. The van der Waals surface area contributed by atoms with Gasteiger partial charge in [-0.2, -0.15) is 18.3 Å². The minimum absolute atomic E-state index is 0.0317. The molecule has 4 N–H and O–H groups in total. The zero-order valence-electron chi connectivity index (χ0n) is 19.5. The number of nitrogens with two attached hydrogens (primary N) is 1. The number of primary amides is 1. The topological polar surface area (TPSA) is 102 Å². The Labute approximate surface area is 224 Å². The van der Waals surface area contributed by atoms with Crippen LogP contribution in [0.2, 0.25) is 10.0 Å². The molecule has 0 saturated carbocycles. The number of carbonyl (C=O) groups is 2. The van der Waals surface area contributed by atoms with Crippen molar-refractivity contribution in [3.05, 3.63) is 61.6 Å². The third kappa shape index (κ3) is 4.92. The summed E-state index contributed by atoms with van der Waals surface area (Å²) in [5, 5.41) is 10.5. The van der Waals surface area contributed by atoms with Gasteiger partial charge in [0.1, 0.15) is 10.8 Å². The van der Waals surface area contributed by atoms with E-state index in [1.165, 1.54) is 29.5 Å². The lowest BCUT2D eigenvalue weighted by Crippen LogP contribution is -2.35. The summed E-state index contributed by atoms with van der Waals surface area (Å²) in [6, 6.07) is 3.18. The molecule has 7 nitrogen and oxygen atoms in total. The Balaban J connectivity index is 1.46. The van der Waals surface area contributed by atoms with E-state index < -0.39 is 30.1 Å². The Hall–Kier alpha value is -2.76. The molecule has 0 saturated heterocycles. The molecule has 13 heteroatoms. The summed E-state index contributed by atoms with van der Waals surface area (Å²) in [5.41, 5.74) is 7.00. The molecule has 5 rings (SSSR count). The highest BCUT2D eigenvalue weighted by atomic mass is 35.5. The van der Waals surface area contributed by atoms with Crippen LogP contribution in [0, 0.1) is 5.92 Å². The number of alkyl halides is 3. The van der Waals surface area contributed by atoms with Gasteiger partial charge >= 0.3 is 6.18 Å². The van der Waals surface area contributed by atoms with Crippen LogP contribution in [0.25, 0.3) is 0 Å². The molecule has 1 aromatic carbocycles. The molecule has 3 heterocycles. The van der Waals surface area contributed by atoms with Crippen LogP contribution in [0.5, 0.6) is 0 Å². The first kappa shape index (κ1) is 25.9. The Morgan fingerprint density at radius 3 is 2.68 bits per heavy atom. The van der Waals surface area contributed by atoms with E-state index in [1.54, 1.807) is 6.07 Å². The van der Waals surface area contributed by atoms with E-state index in [4.69, 9.17) is 28.9 Å². The Bertz CT molecular complexity index is 1400. The van der Waals surface area contributed by atoms with Gasteiger partial charge in [0.25, 0.3) is 11.8 Å².